The van der Waals surface area contributed by atoms with Crippen molar-refractivity contribution in [2.24, 2.45) is 11.8 Å². The Morgan fingerprint density at radius 3 is 2.75 bits per heavy atom. The topological polar surface area (TPSA) is 69.6 Å². The van der Waals surface area contributed by atoms with Crippen molar-refractivity contribution in [2.45, 2.75) is 44.1 Å². The summed E-state index contributed by atoms with van der Waals surface area (Å²) < 4.78 is 0. The van der Waals surface area contributed by atoms with Crippen LogP contribution in [0.1, 0.15) is 42.9 Å². The summed E-state index contributed by atoms with van der Waals surface area (Å²) in [4.78, 5) is 26.3. The summed E-state index contributed by atoms with van der Waals surface area (Å²) in [6.07, 6.45) is 6.48. The van der Waals surface area contributed by atoms with Crippen LogP contribution in [0, 0.1) is 11.8 Å². The van der Waals surface area contributed by atoms with Gasteiger partial charge in [-0.15, -0.1) is 0 Å². The summed E-state index contributed by atoms with van der Waals surface area (Å²) >= 11 is 0. The molecule has 2 aliphatic heterocycles. The minimum atomic E-state index is -0.265. The molecule has 24 heavy (non-hydrogen) atoms. The van der Waals surface area contributed by atoms with Gasteiger partial charge < -0.3 is 14.9 Å². The van der Waals surface area contributed by atoms with E-state index in [9.17, 15) is 9.90 Å². The zero-order valence-electron chi connectivity index (χ0n) is 13.9. The first-order chi connectivity index (χ1) is 11.7. The van der Waals surface area contributed by atoms with E-state index in [0.717, 1.165) is 38.5 Å². The molecular weight excluding hydrogens is 304 g/mol. The van der Waals surface area contributed by atoms with Crippen LogP contribution in [0.15, 0.2) is 6.20 Å². The smallest absolute Gasteiger partial charge is 0.225 e. The number of nitrogens with zero attached hydrogens (tertiary/aromatic N) is 4. The second-order valence-corrected chi connectivity index (χ2v) is 7.90. The number of likely N-dealkylation sites (tertiary alicyclic amines) is 1. The Kier molecular flexibility index (Phi) is 3.30. The number of carbonyl (C=O) groups excluding carboxylic acids is 1. The van der Waals surface area contributed by atoms with Crippen LogP contribution >= 0.6 is 0 Å². The zero-order valence-corrected chi connectivity index (χ0v) is 13.9. The number of hydrogen-bond acceptors (Lipinski definition) is 5. The minimum Gasteiger partial charge on any atom is -0.393 e. The number of hydrogen-bond donors (Lipinski definition) is 1. The quantitative estimate of drug-likeness (QED) is 0.875. The molecule has 2 saturated heterocycles. The van der Waals surface area contributed by atoms with E-state index in [-0.39, 0.29) is 17.9 Å². The van der Waals surface area contributed by atoms with Crippen molar-refractivity contribution in [3.05, 3.63) is 17.5 Å². The lowest BCUT2D eigenvalue weighted by molar-refractivity contribution is -0.141. The molecule has 0 aromatic carbocycles. The molecule has 3 heterocycles. The summed E-state index contributed by atoms with van der Waals surface area (Å²) in [5, 5.41) is 9.43. The molecule has 1 aromatic rings. The Hall–Kier alpha value is -1.69. The SMILES string of the molecule is O=C(C1CC(O)C1)N1CC2Cc3nc(N4CCCC4)ncc3C2C1. The molecule has 128 valence electrons. The molecule has 0 bridgehead atoms. The van der Waals surface area contributed by atoms with Gasteiger partial charge in [0.2, 0.25) is 11.9 Å². The summed E-state index contributed by atoms with van der Waals surface area (Å²) in [7, 11) is 0. The Morgan fingerprint density at radius 2 is 2.00 bits per heavy atom. The Balaban J connectivity index is 1.31. The lowest BCUT2D eigenvalue weighted by atomic mass is 9.81. The van der Waals surface area contributed by atoms with Gasteiger partial charge in [-0.25, -0.2) is 9.97 Å². The van der Waals surface area contributed by atoms with E-state index in [1.165, 1.54) is 24.1 Å². The first kappa shape index (κ1) is 14.6. The van der Waals surface area contributed by atoms with Crippen LogP contribution in [0.2, 0.25) is 0 Å². The molecular formula is C18H24N4O2. The third kappa shape index (κ3) is 2.23. The molecule has 2 aliphatic carbocycles. The molecule has 1 amide bonds. The van der Waals surface area contributed by atoms with E-state index < -0.39 is 0 Å². The van der Waals surface area contributed by atoms with Gasteiger partial charge in [-0.3, -0.25) is 4.79 Å². The summed E-state index contributed by atoms with van der Waals surface area (Å²) in [6, 6.07) is 0. The fourth-order valence-electron chi connectivity index (χ4n) is 4.87. The summed E-state index contributed by atoms with van der Waals surface area (Å²) in [5.41, 5.74) is 2.46. The third-order valence-corrected chi connectivity index (χ3v) is 6.35. The van der Waals surface area contributed by atoms with E-state index >= 15 is 0 Å². The van der Waals surface area contributed by atoms with Crippen LogP contribution in [0.5, 0.6) is 0 Å². The average Bonchev–Trinajstić information content (AvgIpc) is 3.25. The molecule has 5 rings (SSSR count). The molecule has 3 fully saturated rings. The number of anilines is 1. The predicted octanol–water partition coefficient (Wildman–Crippen LogP) is 0.946. The number of aliphatic hydroxyl groups excluding tert-OH is 1. The fraction of sp³-hybridized carbons (Fsp3) is 0.722. The maximum Gasteiger partial charge on any atom is 0.225 e. The summed E-state index contributed by atoms with van der Waals surface area (Å²) in [6.45, 7) is 3.78. The number of carbonyl (C=O) groups is 1. The van der Waals surface area contributed by atoms with Gasteiger partial charge in [0.25, 0.3) is 0 Å². The highest BCUT2D eigenvalue weighted by Gasteiger charge is 2.45. The van der Waals surface area contributed by atoms with Crippen molar-refractivity contribution < 1.29 is 9.90 Å². The van der Waals surface area contributed by atoms with Gasteiger partial charge in [-0.2, -0.15) is 0 Å². The standard InChI is InChI=1S/C18H24N4O2/c23-13-5-11(6-13)17(24)22-9-12-7-16-14(15(12)10-22)8-19-18(20-16)21-3-1-2-4-21/h8,11-13,15,23H,1-7,9-10H2. The van der Waals surface area contributed by atoms with E-state index in [1.54, 1.807) is 0 Å². The van der Waals surface area contributed by atoms with Crippen molar-refractivity contribution in [3.8, 4) is 0 Å². The maximum absolute atomic E-state index is 12.5. The fourth-order valence-corrected chi connectivity index (χ4v) is 4.87. The van der Waals surface area contributed by atoms with Gasteiger partial charge in [-0.05, 0) is 43.6 Å². The van der Waals surface area contributed by atoms with Gasteiger partial charge in [0.1, 0.15) is 0 Å². The average molecular weight is 328 g/mol. The van der Waals surface area contributed by atoms with Gasteiger partial charge >= 0.3 is 0 Å². The van der Waals surface area contributed by atoms with Crippen molar-refractivity contribution in [2.75, 3.05) is 31.1 Å². The predicted molar refractivity (Wildman–Crippen MR) is 88.7 cm³/mol. The highest BCUT2D eigenvalue weighted by Crippen LogP contribution is 2.43. The van der Waals surface area contributed by atoms with E-state index in [1.807, 2.05) is 11.1 Å². The molecule has 2 atom stereocenters. The molecule has 0 spiro atoms. The van der Waals surface area contributed by atoms with Crippen LogP contribution in [0.25, 0.3) is 0 Å². The van der Waals surface area contributed by atoms with Crippen LogP contribution in [-0.2, 0) is 11.2 Å². The van der Waals surface area contributed by atoms with Crippen LogP contribution in [0.3, 0.4) is 0 Å². The Labute approximate surface area is 141 Å². The Bertz CT molecular complexity index is 667. The van der Waals surface area contributed by atoms with Gasteiger partial charge in [0, 0.05) is 49.9 Å². The number of rotatable bonds is 2. The molecule has 0 radical (unpaired) electrons. The normalized spacial score (nSPS) is 34.2. The number of aromatic nitrogens is 2. The third-order valence-electron chi connectivity index (χ3n) is 6.35. The second kappa shape index (κ2) is 5.41. The number of aliphatic hydroxyl groups is 1. The molecule has 6 nitrogen and oxygen atoms in total. The van der Waals surface area contributed by atoms with E-state index in [4.69, 9.17) is 4.98 Å². The first-order valence-corrected chi connectivity index (χ1v) is 9.26. The van der Waals surface area contributed by atoms with Crippen LogP contribution < -0.4 is 4.90 Å². The molecule has 6 heteroatoms. The van der Waals surface area contributed by atoms with Gasteiger partial charge in [0.05, 0.1) is 6.10 Å². The zero-order chi connectivity index (χ0) is 16.3. The molecule has 1 N–H and O–H groups in total. The number of fused-ring (bicyclic) bond motifs is 3. The molecule has 1 aromatic heterocycles. The van der Waals surface area contributed by atoms with Gasteiger partial charge in [-0.1, -0.05) is 0 Å². The highest BCUT2D eigenvalue weighted by molar-refractivity contribution is 5.80. The van der Waals surface area contributed by atoms with E-state index in [2.05, 4.69) is 9.88 Å². The van der Waals surface area contributed by atoms with Crippen molar-refractivity contribution in [3.63, 3.8) is 0 Å². The summed E-state index contributed by atoms with van der Waals surface area (Å²) in [5.74, 6) is 2.08. The Morgan fingerprint density at radius 1 is 1.21 bits per heavy atom. The van der Waals surface area contributed by atoms with Crippen LogP contribution in [-0.4, -0.2) is 58.2 Å². The second-order valence-electron chi connectivity index (χ2n) is 7.90. The van der Waals surface area contributed by atoms with Crippen molar-refractivity contribution >= 4 is 11.9 Å². The first-order valence-electron chi connectivity index (χ1n) is 9.26. The molecule has 4 aliphatic rings. The number of amides is 1. The lowest BCUT2D eigenvalue weighted by Crippen LogP contribution is -2.43. The van der Waals surface area contributed by atoms with Crippen molar-refractivity contribution in [1.29, 1.82) is 0 Å². The highest BCUT2D eigenvalue weighted by atomic mass is 16.3. The monoisotopic (exact) mass is 328 g/mol. The largest absolute Gasteiger partial charge is 0.393 e. The molecule has 2 unspecified atom stereocenters. The molecule has 1 saturated carbocycles. The minimum absolute atomic E-state index is 0.0482. The van der Waals surface area contributed by atoms with E-state index in [0.29, 0.717) is 24.7 Å². The maximum atomic E-state index is 12.5. The van der Waals surface area contributed by atoms with Crippen LogP contribution in [0.4, 0.5) is 5.95 Å². The van der Waals surface area contributed by atoms with Crippen molar-refractivity contribution in [1.82, 2.24) is 14.9 Å². The van der Waals surface area contributed by atoms with Gasteiger partial charge in [0.15, 0.2) is 0 Å². The lowest BCUT2D eigenvalue weighted by Gasteiger charge is -2.33.